The van der Waals surface area contributed by atoms with Crippen molar-refractivity contribution < 1.29 is 9.84 Å². The van der Waals surface area contributed by atoms with Crippen LogP contribution in [0.5, 0.6) is 0 Å². The lowest BCUT2D eigenvalue weighted by Gasteiger charge is -2.42. The van der Waals surface area contributed by atoms with E-state index in [4.69, 9.17) is 4.74 Å². The summed E-state index contributed by atoms with van der Waals surface area (Å²) in [7, 11) is 0. The number of fused-ring (bicyclic) bond motifs is 6. The smallest absolute Gasteiger partial charge is 0.106 e. The first-order valence-electron chi connectivity index (χ1n) is 12.6. The molecular weight excluding hydrogens is 368 g/mol. The van der Waals surface area contributed by atoms with Gasteiger partial charge in [0.15, 0.2) is 0 Å². The summed E-state index contributed by atoms with van der Waals surface area (Å²) in [5.74, 6) is 6.16. The molecule has 0 amide bonds. The first kappa shape index (κ1) is 22.2. The predicted molar refractivity (Wildman–Crippen MR) is 125 cm³/mol. The normalized spacial score (nSPS) is 43.1. The lowest BCUT2D eigenvalue weighted by Crippen LogP contribution is -2.37. The van der Waals surface area contributed by atoms with Crippen molar-refractivity contribution in [3.8, 4) is 0 Å². The molecule has 0 aromatic heterocycles. The van der Waals surface area contributed by atoms with Crippen LogP contribution in [0.2, 0.25) is 0 Å². The Labute approximate surface area is 184 Å². The third kappa shape index (κ3) is 3.72. The maximum absolute atomic E-state index is 10.3. The monoisotopic (exact) mass is 412 g/mol. The molecule has 2 fully saturated rings. The standard InChI is InChI=1S/C28H44O2/c1-18(2)19(3)7-8-20(4)23-10-11-24-25-12-9-21-17-22(29)13-15-27(21,5)26(30-25)14-16-28(23,24)6/h7-8,12,14,18-24,29H,9-11,13,15-17H2,1-6H3/t19-,20+,21?,22-,23+,24-,27-,28+/m0/s1. The molecular formula is C28H44O2. The van der Waals surface area contributed by atoms with Crippen LogP contribution in [0.1, 0.15) is 86.5 Å². The first-order valence-corrected chi connectivity index (χ1v) is 12.6. The quantitative estimate of drug-likeness (QED) is 0.492. The van der Waals surface area contributed by atoms with E-state index in [9.17, 15) is 5.11 Å². The van der Waals surface area contributed by atoms with E-state index in [1.54, 1.807) is 0 Å². The van der Waals surface area contributed by atoms with Crippen molar-refractivity contribution >= 4 is 0 Å². The molecule has 1 unspecified atom stereocenters. The Kier molecular flexibility index (Phi) is 6.03. The zero-order chi connectivity index (χ0) is 21.7. The molecule has 168 valence electrons. The fourth-order valence-corrected chi connectivity index (χ4v) is 7.00. The van der Waals surface area contributed by atoms with Crippen molar-refractivity contribution in [2.75, 3.05) is 0 Å². The summed E-state index contributed by atoms with van der Waals surface area (Å²) in [4.78, 5) is 0. The van der Waals surface area contributed by atoms with Crippen LogP contribution in [0.25, 0.3) is 0 Å². The number of aliphatic hydroxyl groups is 1. The third-order valence-electron chi connectivity index (χ3n) is 9.73. The van der Waals surface area contributed by atoms with Crippen molar-refractivity contribution in [2.45, 2.75) is 92.6 Å². The van der Waals surface area contributed by atoms with E-state index in [0.717, 1.165) is 32.1 Å². The molecule has 2 bridgehead atoms. The second-order valence-corrected chi connectivity index (χ2v) is 11.8. The topological polar surface area (TPSA) is 29.5 Å². The molecule has 1 N–H and O–H groups in total. The largest absolute Gasteiger partial charge is 0.466 e. The third-order valence-corrected chi connectivity index (χ3v) is 9.73. The molecule has 0 aromatic rings. The molecule has 30 heavy (non-hydrogen) atoms. The summed E-state index contributed by atoms with van der Waals surface area (Å²) in [5.41, 5.74) is 0.357. The van der Waals surface area contributed by atoms with Gasteiger partial charge in [0.05, 0.1) is 6.10 Å². The Balaban J connectivity index is 1.61. The van der Waals surface area contributed by atoms with E-state index in [1.165, 1.54) is 24.4 Å². The molecule has 2 heteroatoms. The van der Waals surface area contributed by atoms with Crippen LogP contribution in [0.4, 0.5) is 0 Å². The van der Waals surface area contributed by atoms with Gasteiger partial charge in [-0.15, -0.1) is 0 Å². The van der Waals surface area contributed by atoms with Crippen molar-refractivity contribution in [1.29, 1.82) is 0 Å². The Morgan fingerprint density at radius 1 is 1.07 bits per heavy atom. The fourth-order valence-electron chi connectivity index (χ4n) is 7.00. The number of allylic oxidation sites excluding steroid dienone is 6. The zero-order valence-electron chi connectivity index (χ0n) is 20.2. The highest BCUT2D eigenvalue weighted by atomic mass is 16.5. The average molecular weight is 413 g/mol. The van der Waals surface area contributed by atoms with E-state index in [-0.39, 0.29) is 16.9 Å². The summed E-state index contributed by atoms with van der Waals surface area (Å²) in [5, 5.41) is 10.3. The van der Waals surface area contributed by atoms with Gasteiger partial charge >= 0.3 is 0 Å². The van der Waals surface area contributed by atoms with Crippen molar-refractivity contribution in [1.82, 2.24) is 0 Å². The molecule has 0 radical (unpaired) electrons. The summed E-state index contributed by atoms with van der Waals surface area (Å²) in [6.45, 7) is 14.3. The second-order valence-electron chi connectivity index (χ2n) is 11.8. The fraction of sp³-hybridized carbons (Fsp3) is 0.786. The minimum absolute atomic E-state index is 0.0835. The Morgan fingerprint density at radius 2 is 1.83 bits per heavy atom. The minimum Gasteiger partial charge on any atom is -0.466 e. The predicted octanol–water partition coefficient (Wildman–Crippen LogP) is 7.26. The van der Waals surface area contributed by atoms with Crippen LogP contribution in [0.15, 0.2) is 35.8 Å². The van der Waals surface area contributed by atoms with Gasteiger partial charge in [0.25, 0.3) is 0 Å². The van der Waals surface area contributed by atoms with E-state index in [1.807, 2.05) is 0 Å². The van der Waals surface area contributed by atoms with Crippen LogP contribution in [0.3, 0.4) is 0 Å². The molecule has 2 heterocycles. The van der Waals surface area contributed by atoms with Gasteiger partial charge in [-0.05, 0) is 92.1 Å². The van der Waals surface area contributed by atoms with Crippen LogP contribution in [-0.2, 0) is 4.74 Å². The van der Waals surface area contributed by atoms with E-state index < -0.39 is 0 Å². The van der Waals surface area contributed by atoms with Crippen molar-refractivity contribution in [3.63, 3.8) is 0 Å². The van der Waals surface area contributed by atoms with E-state index in [2.05, 4.69) is 65.8 Å². The molecule has 4 rings (SSSR count). The Hall–Kier alpha value is -1.02. The summed E-state index contributed by atoms with van der Waals surface area (Å²) < 4.78 is 6.74. The number of rotatable bonds is 4. The summed E-state index contributed by atoms with van der Waals surface area (Å²) in [6.07, 6.45) is 17.3. The molecule has 0 saturated heterocycles. The number of aliphatic hydroxyl groups excluding tert-OH is 1. The van der Waals surface area contributed by atoms with Gasteiger partial charge < -0.3 is 9.84 Å². The molecule has 0 spiro atoms. The Bertz CT molecular complexity index is 731. The van der Waals surface area contributed by atoms with Crippen LogP contribution in [-0.4, -0.2) is 11.2 Å². The molecule has 0 aromatic carbocycles. The highest BCUT2D eigenvalue weighted by Gasteiger charge is 2.53. The van der Waals surface area contributed by atoms with Gasteiger partial charge in [-0.2, -0.15) is 0 Å². The van der Waals surface area contributed by atoms with Gasteiger partial charge in [0.1, 0.15) is 11.5 Å². The van der Waals surface area contributed by atoms with Gasteiger partial charge in [0, 0.05) is 11.3 Å². The van der Waals surface area contributed by atoms with Gasteiger partial charge in [-0.1, -0.05) is 53.7 Å². The van der Waals surface area contributed by atoms with E-state index >= 15 is 0 Å². The molecule has 2 nitrogen and oxygen atoms in total. The first-order chi connectivity index (χ1) is 14.1. The highest BCUT2D eigenvalue weighted by molar-refractivity contribution is 5.25. The number of hydrogen-bond donors (Lipinski definition) is 1. The van der Waals surface area contributed by atoms with Crippen LogP contribution >= 0.6 is 0 Å². The lowest BCUT2D eigenvalue weighted by molar-refractivity contribution is 0.0165. The lowest BCUT2D eigenvalue weighted by atomic mass is 9.62. The van der Waals surface area contributed by atoms with Gasteiger partial charge in [0.2, 0.25) is 0 Å². The summed E-state index contributed by atoms with van der Waals surface area (Å²) in [6, 6.07) is 0. The number of hydrogen-bond acceptors (Lipinski definition) is 2. The maximum Gasteiger partial charge on any atom is 0.106 e. The molecule has 4 aliphatic rings. The van der Waals surface area contributed by atoms with Crippen LogP contribution < -0.4 is 0 Å². The molecule has 2 saturated carbocycles. The molecule has 8 atom stereocenters. The van der Waals surface area contributed by atoms with Crippen molar-refractivity contribution in [3.05, 3.63) is 35.8 Å². The Morgan fingerprint density at radius 3 is 2.57 bits per heavy atom. The zero-order valence-corrected chi connectivity index (χ0v) is 20.2. The number of ether oxygens (including phenoxy) is 1. The SMILES string of the molecule is CC(C)[C@@H](C)C=C[C@@H](C)[C@H]1CC[C@H]2C3=CCC4C[C@@H](O)CC[C@]4(C)C(=CC[C@]12C)O3. The summed E-state index contributed by atoms with van der Waals surface area (Å²) >= 11 is 0. The minimum atomic E-state index is -0.135. The van der Waals surface area contributed by atoms with E-state index in [0.29, 0.717) is 35.5 Å². The van der Waals surface area contributed by atoms with Crippen molar-refractivity contribution in [2.24, 2.45) is 46.3 Å². The average Bonchev–Trinajstić information content (AvgIpc) is 2.88. The van der Waals surface area contributed by atoms with Gasteiger partial charge in [-0.25, -0.2) is 0 Å². The maximum atomic E-state index is 10.3. The van der Waals surface area contributed by atoms with Gasteiger partial charge in [-0.3, -0.25) is 0 Å². The molecule has 2 aliphatic carbocycles. The highest BCUT2D eigenvalue weighted by Crippen LogP contribution is 2.61. The molecule has 2 aliphatic heterocycles. The second kappa shape index (κ2) is 8.15. The van der Waals surface area contributed by atoms with Crippen LogP contribution in [0, 0.1) is 46.3 Å².